The number of carbonyl (C=O) groups excluding carboxylic acids is 1. The average Bonchev–Trinajstić information content (AvgIpc) is 2.21. The summed E-state index contributed by atoms with van der Waals surface area (Å²) >= 11 is 0. The average molecular weight is 221 g/mol. The van der Waals surface area contributed by atoms with E-state index < -0.39 is 0 Å². The van der Waals surface area contributed by atoms with Crippen LogP contribution in [0.5, 0.6) is 5.75 Å². The summed E-state index contributed by atoms with van der Waals surface area (Å²) in [4.78, 5) is 11.7. The van der Waals surface area contributed by atoms with Crippen LogP contribution in [0.15, 0.2) is 24.3 Å². The number of phenolic OH excluding ortho intramolecular Hbond substituents is 1. The maximum Gasteiger partial charge on any atom is 0.224 e. The molecule has 0 fully saturated rings. The highest BCUT2D eigenvalue weighted by atomic mass is 16.3. The number of aromatic hydroxyl groups is 1. The van der Waals surface area contributed by atoms with Gasteiger partial charge in [0.1, 0.15) is 5.75 Å². The van der Waals surface area contributed by atoms with Crippen LogP contribution in [0.2, 0.25) is 0 Å². The predicted molar refractivity (Wildman–Crippen MR) is 64.3 cm³/mol. The second-order valence-corrected chi connectivity index (χ2v) is 4.63. The van der Waals surface area contributed by atoms with Gasteiger partial charge >= 0.3 is 0 Å². The van der Waals surface area contributed by atoms with Crippen LogP contribution < -0.4 is 5.32 Å². The van der Waals surface area contributed by atoms with Crippen molar-refractivity contribution in [1.82, 2.24) is 5.32 Å². The maximum absolute atomic E-state index is 11.7. The molecule has 1 aromatic carbocycles. The standard InChI is InChI=1S/C13H19NO2/c1-4-13(2,3)14-12(16)9-10-5-7-11(15)8-6-10/h5-8,15H,4,9H2,1-3H3,(H,14,16). The van der Waals surface area contributed by atoms with Crippen molar-refractivity contribution < 1.29 is 9.90 Å². The summed E-state index contributed by atoms with van der Waals surface area (Å²) in [5.41, 5.74) is 0.746. The molecule has 0 aliphatic rings. The molecular weight excluding hydrogens is 202 g/mol. The molecule has 1 aromatic rings. The summed E-state index contributed by atoms with van der Waals surface area (Å²) in [6.07, 6.45) is 1.25. The quantitative estimate of drug-likeness (QED) is 0.819. The van der Waals surface area contributed by atoms with Gasteiger partial charge in [0.15, 0.2) is 0 Å². The van der Waals surface area contributed by atoms with Gasteiger partial charge in [-0.05, 0) is 38.0 Å². The summed E-state index contributed by atoms with van der Waals surface area (Å²) in [5, 5.41) is 12.1. The van der Waals surface area contributed by atoms with Crippen molar-refractivity contribution in [3.63, 3.8) is 0 Å². The SMILES string of the molecule is CCC(C)(C)NC(=O)Cc1ccc(O)cc1. The topological polar surface area (TPSA) is 49.3 Å². The summed E-state index contributed by atoms with van der Waals surface area (Å²) in [5.74, 6) is 0.232. The Hall–Kier alpha value is -1.51. The summed E-state index contributed by atoms with van der Waals surface area (Å²) < 4.78 is 0. The molecule has 3 nitrogen and oxygen atoms in total. The van der Waals surface area contributed by atoms with Gasteiger partial charge in [-0.2, -0.15) is 0 Å². The fourth-order valence-electron chi connectivity index (χ4n) is 1.31. The number of benzene rings is 1. The summed E-state index contributed by atoms with van der Waals surface area (Å²) in [7, 11) is 0. The molecule has 0 aliphatic heterocycles. The van der Waals surface area contributed by atoms with E-state index in [9.17, 15) is 4.79 Å². The van der Waals surface area contributed by atoms with Gasteiger partial charge in [0.05, 0.1) is 6.42 Å². The molecule has 0 spiro atoms. The Morgan fingerprint density at radius 3 is 2.38 bits per heavy atom. The number of nitrogens with one attached hydrogen (secondary N) is 1. The second-order valence-electron chi connectivity index (χ2n) is 4.63. The van der Waals surface area contributed by atoms with Crippen LogP contribution in [0.25, 0.3) is 0 Å². The first-order valence-corrected chi connectivity index (χ1v) is 5.52. The van der Waals surface area contributed by atoms with Crippen LogP contribution in [-0.4, -0.2) is 16.6 Å². The van der Waals surface area contributed by atoms with E-state index in [1.807, 2.05) is 20.8 Å². The third-order valence-corrected chi connectivity index (χ3v) is 2.66. The fraction of sp³-hybridized carbons (Fsp3) is 0.462. The highest BCUT2D eigenvalue weighted by molar-refractivity contribution is 5.79. The molecule has 0 heterocycles. The zero-order valence-corrected chi connectivity index (χ0v) is 10.1. The van der Waals surface area contributed by atoms with Crippen molar-refractivity contribution in [3.8, 4) is 5.75 Å². The van der Waals surface area contributed by atoms with Crippen molar-refractivity contribution >= 4 is 5.91 Å². The van der Waals surface area contributed by atoms with Gasteiger partial charge < -0.3 is 10.4 Å². The smallest absolute Gasteiger partial charge is 0.224 e. The van der Waals surface area contributed by atoms with E-state index in [-0.39, 0.29) is 17.2 Å². The Morgan fingerprint density at radius 1 is 1.31 bits per heavy atom. The molecule has 3 heteroatoms. The van der Waals surface area contributed by atoms with Gasteiger partial charge in [0, 0.05) is 5.54 Å². The first-order chi connectivity index (χ1) is 7.43. The lowest BCUT2D eigenvalue weighted by Gasteiger charge is -2.24. The molecule has 0 unspecified atom stereocenters. The third-order valence-electron chi connectivity index (χ3n) is 2.66. The minimum atomic E-state index is -0.159. The predicted octanol–water partition coefficient (Wildman–Crippen LogP) is 2.24. The largest absolute Gasteiger partial charge is 0.508 e. The van der Waals surface area contributed by atoms with Crippen LogP contribution in [0.3, 0.4) is 0 Å². The molecular formula is C13H19NO2. The Kier molecular flexibility index (Phi) is 3.93. The molecule has 0 atom stereocenters. The second kappa shape index (κ2) is 5.01. The first kappa shape index (κ1) is 12.6. The van der Waals surface area contributed by atoms with Crippen molar-refractivity contribution in [2.75, 3.05) is 0 Å². The number of hydrogen-bond donors (Lipinski definition) is 2. The van der Waals surface area contributed by atoms with E-state index >= 15 is 0 Å². The van der Waals surface area contributed by atoms with Crippen LogP contribution in [-0.2, 0) is 11.2 Å². The van der Waals surface area contributed by atoms with E-state index in [0.29, 0.717) is 6.42 Å². The zero-order chi connectivity index (χ0) is 12.2. The minimum Gasteiger partial charge on any atom is -0.508 e. The lowest BCUT2D eigenvalue weighted by Crippen LogP contribution is -2.43. The lowest BCUT2D eigenvalue weighted by atomic mass is 10.0. The highest BCUT2D eigenvalue weighted by Gasteiger charge is 2.17. The van der Waals surface area contributed by atoms with E-state index in [2.05, 4.69) is 5.32 Å². The van der Waals surface area contributed by atoms with Crippen LogP contribution in [0.4, 0.5) is 0 Å². The van der Waals surface area contributed by atoms with Crippen LogP contribution in [0.1, 0.15) is 32.8 Å². The van der Waals surface area contributed by atoms with Gasteiger partial charge in [-0.15, -0.1) is 0 Å². The molecule has 0 aliphatic carbocycles. The number of carbonyl (C=O) groups is 1. The summed E-state index contributed by atoms with van der Waals surface area (Å²) in [6, 6.07) is 6.70. The minimum absolute atomic E-state index is 0.0116. The molecule has 0 aromatic heterocycles. The third kappa shape index (κ3) is 3.93. The maximum atomic E-state index is 11.7. The molecule has 0 saturated carbocycles. The van der Waals surface area contributed by atoms with Crippen molar-refractivity contribution in [2.24, 2.45) is 0 Å². The van der Waals surface area contributed by atoms with Crippen molar-refractivity contribution in [1.29, 1.82) is 0 Å². The number of amides is 1. The number of phenols is 1. The normalized spacial score (nSPS) is 11.2. The number of rotatable bonds is 4. The fourth-order valence-corrected chi connectivity index (χ4v) is 1.31. The lowest BCUT2D eigenvalue weighted by molar-refractivity contribution is -0.122. The molecule has 1 amide bonds. The molecule has 16 heavy (non-hydrogen) atoms. The highest BCUT2D eigenvalue weighted by Crippen LogP contribution is 2.11. The monoisotopic (exact) mass is 221 g/mol. The molecule has 1 rings (SSSR count). The van der Waals surface area contributed by atoms with E-state index in [1.54, 1.807) is 24.3 Å². The Bertz CT molecular complexity index is 355. The van der Waals surface area contributed by atoms with Gasteiger partial charge in [-0.3, -0.25) is 4.79 Å². The van der Waals surface area contributed by atoms with Gasteiger partial charge in [-0.1, -0.05) is 19.1 Å². The van der Waals surface area contributed by atoms with Crippen molar-refractivity contribution in [2.45, 2.75) is 39.2 Å². The zero-order valence-electron chi connectivity index (χ0n) is 10.1. The van der Waals surface area contributed by atoms with E-state index in [1.165, 1.54) is 0 Å². The molecule has 2 N–H and O–H groups in total. The number of hydrogen-bond acceptors (Lipinski definition) is 2. The van der Waals surface area contributed by atoms with Gasteiger partial charge in [-0.25, -0.2) is 0 Å². The van der Waals surface area contributed by atoms with Crippen LogP contribution >= 0.6 is 0 Å². The van der Waals surface area contributed by atoms with Crippen LogP contribution in [0, 0.1) is 0 Å². The Labute approximate surface area is 96.5 Å². The Morgan fingerprint density at radius 2 is 1.88 bits per heavy atom. The molecule has 88 valence electrons. The van der Waals surface area contributed by atoms with Gasteiger partial charge in [0.25, 0.3) is 0 Å². The van der Waals surface area contributed by atoms with Crippen molar-refractivity contribution in [3.05, 3.63) is 29.8 Å². The molecule has 0 radical (unpaired) electrons. The molecule has 0 saturated heterocycles. The molecule has 0 bridgehead atoms. The Balaban J connectivity index is 2.55. The van der Waals surface area contributed by atoms with E-state index in [4.69, 9.17) is 5.11 Å². The first-order valence-electron chi connectivity index (χ1n) is 5.52. The summed E-state index contributed by atoms with van der Waals surface area (Å²) in [6.45, 7) is 6.05. The van der Waals surface area contributed by atoms with Gasteiger partial charge in [0.2, 0.25) is 5.91 Å². The van der Waals surface area contributed by atoms with E-state index in [0.717, 1.165) is 12.0 Å².